The van der Waals surface area contributed by atoms with E-state index in [1.54, 1.807) is 44.4 Å². The molecule has 2 aromatic rings. The summed E-state index contributed by atoms with van der Waals surface area (Å²) in [6, 6.07) is 10.5. The molecule has 3 N–H and O–H groups in total. The van der Waals surface area contributed by atoms with Crippen molar-refractivity contribution in [3.63, 3.8) is 0 Å². The zero-order valence-corrected chi connectivity index (χ0v) is 16.4. The third-order valence-electron chi connectivity index (χ3n) is 4.37. The fourth-order valence-corrected chi connectivity index (χ4v) is 3.26. The smallest absolute Gasteiger partial charge is 0.255 e. The van der Waals surface area contributed by atoms with E-state index in [1.165, 1.54) is 19.2 Å². The minimum atomic E-state index is -0.515. The van der Waals surface area contributed by atoms with Gasteiger partial charge in [0.15, 0.2) is 5.11 Å². The second-order valence-corrected chi connectivity index (χ2v) is 6.55. The molecule has 0 radical (unpaired) electrons. The number of nitrogens with one attached hydrogen (secondary N) is 3. The van der Waals surface area contributed by atoms with Crippen molar-refractivity contribution in [2.45, 2.75) is 13.0 Å². The van der Waals surface area contributed by atoms with Crippen LogP contribution < -0.4 is 25.4 Å². The summed E-state index contributed by atoms with van der Waals surface area (Å²) in [7, 11) is 3.06. The molecule has 0 bridgehead atoms. The lowest BCUT2D eigenvalue weighted by Crippen LogP contribution is -2.45. The topological polar surface area (TPSA) is 71.6 Å². The highest BCUT2D eigenvalue weighted by atomic mass is 32.1. The molecular weight excluding hydrogens is 381 g/mol. The summed E-state index contributed by atoms with van der Waals surface area (Å²) in [5.41, 5.74) is 2.28. The van der Waals surface area contributed by atoms with E-state index in [1.807, 2.05) is 0 Å². The molecule has 0 aliphatic carbocycles. The summed E-state index contributed by atoms with van der Waals surface area (Å²) in [4.78, 5) is 13.1. The fraction of sp³-hybridized carbons (Fsp3) is 0.200. The molecule has 6 nitrogen and oxygen atoms in total. The summed E-state index contributed by atoms with van der Waals surface area (Å²) in [6.07, 6.45) is 0. The number of methoxy groups -OCH3 is 2. The number of halogens is 1. The Morgan fingerprint density at radius 2 is 1.86 bits per heavy atom. The predicted molar refractivity (Wildman–Crippen MR) is 109 cm³/mol. The Hall–Kier alpha value is -3.13. The van der Waals surface area contributed by atoms with Gasteiger partial charge in [-0.05, 0) is 49.0 Å². The maximum absolute atomic E-state index is 13.3. The number of amides is 1. The van der Waals surface area contributed by atoms with Crippen molar-refractivity contribution < 1.29 is 18.7 Å². The normalized spacial score (nSPS) is 16.1. The van der Waals surface area contributed by atoms with E-state index in [0.717, 1.165) is 5.56 Å². The fourth-order valence-electron chi connectivity index (χ4n) is 2.99. The zero-order chi connectivity index (χ0) is 20.3. The van der Waals surface area contributed by atoms with E-state index >= 15 is 0 Å². The highest BCUT2D eigenvalue weighted by molar-refractivity contribution is 7.80. The molecule has 0 aromatic heterocycles. The molecule has 0 fully saturated rings. The Balaban J connectivity index is 1.94. The molecule has 1 unspecified atom stereocenters. The molecule has 3 rings (SSSR count). The van der Waals surface area contributed by atoms with Crippen LogP contribution in [0.4, 0.5) is 10.1 Å². The van der Waals surface area contributed by atoms with E-state index in [9.17, 15) is 9.18 Å². The molecule has 1 amide bonds. The molecular formula is C20H20FN3O3S. The number of carbonyl (C=O) groups is 1. The van der Waals surface area contributed by atoms with Crippen LogP contribution in [0.5, 0.6) is 11.5 Å². The van der Waals surface area contributed by atoms with Gasteiger partial charge in [0, 0.05) is 11.8 Å². The van der Waals surface area contributed by atoms with Gasteiger partial charge in [-0.1, -0.05) is 12.1 Å². The van der Waals surface area contributed by atoms with Gasteiger partial charge < -0.3 is 25.4 Å². The van der Waals surface area contributed by atoms with E-state index in [-0.39, 0.29) is 11.7 Å². The van der Waals surface area contributed by atoms with Crippen LogP contribution in [0.2, 0.25) is 0 Å². The van der Waals surface area contributed by atoms with Crippen molar-refractivity contribution >= 4 is 28.9 Å². The number of rotatable bonds is 5. The molecule has 146 valence electrons. The van der Waals surface area contributed by atoms with Gasteiger partial charge in [-0.2, -0.15) is 0 Å². The molecule has 0 saturated heterocycles. The number of hydrogen-bond donors (Lipinski definition) is 3. The number of allylic oxidation sites excluding steroid dienone is 1. The van der Waals surface area contributed by atoms with Gasteiger partial charge in [0.1, 0.15) is 17.3 Å². The lowest BCUT2D eigenvalue weighted by Gasteiger charge is -2.30. The highest BCUT2D eigenvalue weighted by Gasteiger charge is 2.30. The third kappa shape index (κ3) is 4.07. The Labute approximate surface area is 167 Å². The number of hydrogen-bond acceptors (Lipinski definition) is 4. The maximum Gasteiger partial charge on any atom is 0.255 e. The van der Waals surface area contributed by atoms with Crippen LogP contribution in [-0.2, 0) is 4.79 Å². The third-order valence-corrected chi connectivity index (χ3v) is 4.59. The quantitative estimate of drug-likeness (QED) is 0.668. The molecule has 28 heavy (non-hydrogen) atoms. The Kier molecular flexibility index (Phi) is 5.79. The molecule has 1 aliphatic rings. The van der Waals surface area contributed by atoms with Gasteiger partial charge in [-0.3, -0.25) is 4.79 Å². The minimum Gasteiger partial charge on any atom is -0.497 e. The average molecular weight is 401 g/mol. The van der Waals surface area contributed by atoms with Gasteiger partial charge in [0.25, 0.3) is 5.91 Å². The van der Waals surface area contributed by atoms with Gasteiger partial charge in [0.2, 0.25) is 0 Å². The first-order valence-corrected chi connectivity index (χ1v) is 8.91. The van der Waals surface area contributed by atoms with E-state index in [4.69, 9.17) is 21.7 Å². The largest absolute Gasteiger partial charge is 0.497 e. The Bertz CT molecular complexity index is 944. The standard InChI is InChI=1S/C20H20FN3O3S/c1-11-17(18(24-20(28)22-11)12-4-6-13(21)7-5-12)19(25)23-15-9-8-14(26-2)10-16(15)27-3/h4-10,18H,1-3H3,(H,23,25)(H2,22,24,28). The molecule has 0 saturated carbocycles. The monoisotopic (exact) mass is 401 g/mol. The van der Waals surface area contributed by atoms with Gasteiger partial charge in [-0.15, -0.1) is 0 Å². The van der Waals surface area contributed by atoms with Crippen LogP contribution in [-0.4, -0.2) is 25.2 Å². The first kappa shape index (κ1) is 19.6. The van der Waals surface area contributed by atoms with Crippen molar-refractivity contribution in [1.29, 1.82) is 0 Å². The van der Waals surface area contributed by atoms with E-state index in [0.29, 0.717) is 33.6 Å². The summed E-state index contributed by atoms with van der Waals surface area (Å²) in [6.45, 7) is 1.77. The van der Waals surface area contributed by atoms with Gasteiger partial charge in [0.05, 0.1) is 31.5 Å². The molecule has 2 aromatic carbocycles. The van der Waals surface area contributed by atoms with Crippen molar-refractivity contribution in [2.75, 3.05) is 19.5 Å². The maximum atomic E-state index is 13.3. The molecule has 8 heteroatoms. The van der Waals surface area contributed by atoms with Crippen molar-refractivity contribution in [3.8, 4) is 11.5 Å². The number of ether oxygens (including phenoxy) is 2. The number of anilines is 1. The van der Waals surface area contributed by atoms with Crippen molar-refractivity contribution in [3.05, 3.63) is 65.1 Å². The molecule has 1 atom stereocenters. The molecule has 1 heterocycles. The van der Waals surface area contributed by atoms with Crippen LogP contribution in [0.3, 0.4) is 0 Å². The van der Waals surface area contributed by atoms with Crippen LogP contribution in [0, 0.1) is 5.82 Å². The Morgan fingerprint density at radius 3 is 2.50 bits per heavy atom. The summed E-state index contributed by atoms with van der Waals surface area (Å²) >= 11 is 5.23. The van der Waals surface area contributed by atoms with E-state index < -0.39 is 6.04 Å². The lowest BCUT2D eigenvalue weighted by atomic mass is 9.95. The Morgan fingerprint density at radius 1 is 1.14 bits per heavy atom. The van der Waals surface area contributed by atoms with Gasteiger partial charge >= 0.3 is 0 Å². The predicted octanol–water partition coefficient (Wildman–Crippen LogP) is 3.27. The number of thiocarbonyl (C=S) groups is 1. The zero-order valence-electron chi connectivity index (χ0n) is 15.6. The van der Waals surface area contributed by atoms with Crippen LogP contribution in [0.1, 0.15) is 18.5 Å². The first-order valence-electron chi connectivity index (χ1n) is 8.50. The second-order valence-electron chi connectivity index (χ2n) is 6.14. The lowest BCUT2D eigenvalue weighted by molar-refractivity contribution is -0.113. The highest BCUT2D eigenvalue weighted by Crippen LogP contribution is 2.32. The first-order chi connectivity index (χ1) is 13.4. The number of carbonyl (C=O) groups excluding carboxylic acids is 1. The summed E-state index contributed by atoms with van der Waals surface area (Å²) in [5.74, 6) is 0.394. The SMILES string of the molecule is COc1ccc(NC(=O)C2=C(C)NC(=S)NC2c2ccc(F)cc2)c(OC)c1. The van der Waals surface area contributed by atoms with Crippen molar-refractivity contribution in [1.82, 2.24) is 10.6 Å². The molecule has 0 spiro atoms. The van der Waals surface area contributed by atoms with Crippen molar-refractivity contribution in [2.24, 2.45) is 0 Å². The number of benzene rings is 2. The van der Waals surface area contributed by atoms with Crippen LogP contribution >= 0.6 is 12.2 Å². The molecule has 1 aliphatic heterocycles. The van der Waals surface area contributed by atoms with Gasteiger partial charge in [-0.25, -0.2) is 4.39 Å². The summed E-state index contributed by atoms with van der Waals surface area (Å²) in [5, 5.41) is 9.30. The average Bonchev–Trinajstić information content (AvgIpc) is 2.68. The summed E-state index contributed by atoms with van der Waals surface area (Å²) < 4.78 is 23.8. The second kappa shape index (κ2) is 8.26. The van der Waals surface area contributed by atoms with E-state index in [2.05, 4.69) is 16.0 Å². The minimum absolute atomic E-state index is 0.335. The van der Waals surface area contributed by atoms with Crippen LogP contribution in [0.25, 0.3) is 0 Å². The van der Waals surface area contributed by atoms with Crippen LogP contribution in [0.15, 0.2) is 53.7 Å².